The van der Waals surface area contributed by atoms with Crippen LogP contribution in [-0.4, -0.2) is 34.1 Å². The van der Waals surface area contributed by atoms with Crippen molar-refractivity contribution >= 4 is 11.9 Å². The molecule has 1 fully saturated rings. The molecule has 6 nitrogen and oxygen atoms in total. The molecule has 1 aromatic heterocycles. The molecule has 0 bridgehead atoms. The van der Waals surface area contributed by atoms with Gasteiger partial charge in [0.05, 0.1) is 6.61 Å². The molecule has 1 heterocycles. The summed E-state index contributed by atoms with van der Waals surface area (Å²) in [6.45, 7) is 4.65. The molecule has 0 spiro atoms. The summed E-state index contributed by atoms with van der Waals surface area (Å²) < 4.78 is 5.35. The minimum absolute atomic E-state index is 0.163. The number of ether oxygens (including phenoxy) is 1. The number of nitrogens with zero attached hydrogens (tertiary/aromatic N) is 3. The molecule has 0 saturated heterocycles. The van der Waals surface area contributed by atoms with Crippen molar-refractivity contribution < 1.29 is 4.74 Å². The number of rotatable bonds is 6. The average Bonchev–Trinajstić information content (AvgIpc) is 2.34. The van der Waals surface area contributed by atoms with Crippen LogP contribution in [0.5, 0.6) is 6.01 Å². The predicted octanol–water partition coefficient (Wildman–Crippen LogP) is 2.06. The molecule has 0 atom stereocenters. The first kappa shape index (κ1) is 12.9. The van der Waals surface area contributed by atoms with E-state index in [-0.39, 0.29) is 5.54 Å². The summed E-state index contributed by atoms with van der Waals surface area (Å²) >= 11 is 0. The second-order valence-corrected chi connectivity index (χ2v) is 4.56. The normalized spacial score (nSPS) is 16.8. The topological polar surface area (TPSA) is 72.0 Å². The second kappa shape index (κ2) is 5.37. The Bertz CT molecular complexity index is 400. The van der Waals surface area contributed by atoms with Crippen molar-refractivity contribution in [3.63, 3.8) is 0 Å². The number of aromatic nitrogens is 3. The zero-order valence-corrected chi connectivity index (χ0v) is 11.3. The van der Waals surface area contributed by atoms with Crippen LogP contribution >= 0.6 is 0 Å². The molecule has 1 aromatic rings. The van der Waals surface area contributed by atoms with Crippen molar-refractivity contribution in [2.75, 3.05) is 24.3 Å². The number of anilines is 2. The fourth-order valence-electron chi connectivity index (χ4n) is 2.13. The summed E-state index contributed by atoms with van der Waals surface area (Å²) in [5.41, 5.74) is 0.163. The zero-order valence-electron chi connectivity index (χ0n) is 11.3. The summed E-state index contributed by atoms with van der Waals surface area (Å²) in [6.07, 6.45) is 4.70. The van der Waals surface area contributed by atoms with E-state index < -0.39 is 0 Å². The summed E-state index contributed by atoms with van der Waals surface area (Å²) in [6, 6.07) is 0.366. The first-order chi connectivity index (χ1) is 8.71. The van der Waals surface area contributed by atoms with Crippen molar-refractivity contribution in [2.24, 2.45) is 0 Å². The minimum atomic E-state index is 0.163. The van der Waals surface area contributed by atoms with E-state index in [0.29, 0.717) is 24.5 Å². The Morgan fingerprint density at radius 3 is 2.39 bits per heavy atom. The predicted molar refractivity (Wildman–Crippen MR) is 71.0 cm³/mol. The summed E-state index contributed by atoms with van der Waals surface area (Å²) in [5, 5.41) is 6.36. The average molecular weight is 251 g/mol. The van der Waals surface area contributed by atoms with Gasteiger partial charge in [-0.3, -0.25) is 0 Å². The van der Waals surface area contributed by atoms with Crippen molar-refractivity contribution in [2.45, 2.75) is 45.1 Å². The largest absolute Gasteiger partial charge is 0.464 e. The number of nitrogens with one attached hydrogen (secondary N) is 2. The van der Waals surface area contributed by atoms with Gasteiger partial charge in [0.15, 0.2) is 0 Å². The molecular weight excluding hydrogens is 230 g/mol. The maximum atomic E-state index is 5.35. The first-order valence-corrected chi connectivity index (χ1v) is 6.56. The first-order valence-electron chi connectivity index (χ1n) is 6.56. The Hall–Kier alpha value is -1.59. The van der Waals surface area contributed by atoms with Gasteiger partial charge < -0.3 is 15.4 Å². The molecule has 18 heavy (non-hydrogen) atoms. The van der Waals surface area contributed by atoms with Crippen LogP contribution in [0.4, 0.5) is 11.9 Å². The van der Waals surface area contributed by atoms with Gasteiger partial charge >= 0.3 is 6.01 Å². The highest BCUT2D eigenvalue weighted by Crippen LogP contribution is 2.37. The van der Waals surface area contributed by atoms with Gasteiger partial charge in [-0.25, -0.2) is 0 Å². The van der Waals surface area contributed by atoms with Crippen LogP contribution in [0.2, 0.25) is 0 Å². The van der Waals surface area contributed by atoms with Crippen molar-refractivity contribution in [3.8, 4) is 6.01 Å². The molecule has 0 unspecified atom stereocenters. The highest BCUT2D eigenvalue weighted by molar-refractivity contribution is 5.38. The van der Waals surface area contributed by atoms with Crippen LogP contribution in [0.3, 0.4) is 0 Å². The third-order valence-corrected chi connectivity index (χ3v) is 3.48. The molecule has 100 valence electrons. The molecule has 6 heteroatoms. The van der Waals surface area contributed by atoms with Gasteiger partial charge in [-0.2, -0.15) is 15.0 Å². The summed E-state index contributed by atoms with van der Waals surface area (Å²) in [4.78, 5) is 12.8. The lowest BCUT2D eigenvalue weighted by Crippen LogP contribution is -2.44. The smallest absolute Gasteiger partial charge is 0.323 e. The number of hydrogen-bond donors (Lipinski definition) is 2. The van der Waals surface area contributed by atoms with Crippen LogP contribution in [-0.2, 0) is 0 Å². The quantitative estimate of drug-likeness (QED) is 0.806. The third kappa shape index (κ3) is 2.63. The van der Waals surface area contributed by atoms with Gasteiger partial charge in [-0.1, -0.05) is 6.92 Å². The fraction of sp³-hybridized carbons (Fsp3) is 0.750. The van der Waals surface area contributed by atoms with Crippen molar-refractivity contribution in [1.82, 2.24) is 15.0 Å². The highest BCUT2D eigenvalue weighted by atomic mass is 16.5. The summed E-state index contributed by atoms with van der Waals surface area (Å²) in [5.74, 6) is 1.13. The van der Waals surface area contributed by atoms with Crippen LogP contribution in [0.15, 0.2) is 0 Å². The van der Waals surface area contributed by atoms with E-state index in [1.807, 2.05) is 6.92 Å². The molecule has 1 aliphatic carbocycles. The standard InChI is InChI=1S/C12H21N5O/c1-4-12(7-6-8-12)17-10-14-9(13-3)15-11(16-10)18-5-2/h4-8H2,1-3H3,(H2,13,14,15,16,17). The molecular formula is C12H21N5O. The van der Waals surface area contributed by atoms with E-state index in [2.05, 4.69) is 32.5 Å². The molecule has 2 N–H and O–H groups in total. The van der Waals surface area contributed by atoms with E-state index in [9.17, 15) is 0 Å². The Kier molecular flexibility index (Phi) is 3.84. The number of hydrogen-bond acceptors (Lipinski definition) is 6. The van der Waals surface area contributed by atoms with E-state index in [1.165, 1.54) is 19.3 Å². The van der Waals surface area contributed by atoms with Gasteiger partial charge in [-0.05, 0) is 32.6 Å². The fourth-order valence-corrected chi connectivity index (χ4v) is 2.13. The van der Waals surface area contributed by atoms with E-state index >= 15 is 0 Å². The SMILES string of the molecule is CCOc1nc(NC)nc(NC2(CC)CCC2)n1. The van der Waals surface area contributed by atoms with Gasteiger partial charge in [0.1, 0.15) is 0 Å². The van der Waals surface area contributed by atoms with Gasteiger partial charge in [0.2, 0.25) is 11.9 Å². The van der Waals surface area contributed by atoms with E-state index in [4.69, 9.17) is 4.74 Å². The van der Waals surface area contributed by atoms with Gasteiger partial charge in [0.25, 0.3) is 0 Å². The highest BCUT2D eigenvalue weighted by Gasteiger charge is 2.35. The van der Waals surface area contributed by atoms with Crippen LogP contribution in [0.25, 0.3) is 0 Å². The molecule has 0 radical (unpaired) electrons. The zero-order chi connectivity index (χ0) is 13.0. The maximum absolute atomic E-state index is 5.35. The molecule has 1 aliphatic rings. The van der Waals surface area contributed by atoms with Gasteiger partial charge in [-0.15, -0.1) is 0 Å². The van der Waals surface area contributed by atoms with Gasteiger partial charge in [0, 0.05) is 12.6 Å². The Morgan fingerprint density at radius 2 is 1.89 bits per heavy atom. The second-order valence-electron chi connectivity index (χ2n) is 4.56. The van der Waals surface area contributed by atoms with E-state index in [0.717, 1.165) is 6.42 Å². The lowest BCUT2D eigenvalue weighted by molar-refractivity contribution is 0.266. The molecule has 2 rings (SSSR count). The molecule has 0 amide bonds. The Labute approximate surface area is 108 Å². The molecule has 0 aromatic carbocycles. The van der Waals surface area contributed by atoms with Crippen LogP contribution in [0, 0.1) is 0 Å². The van der Waals surface area contributed by atoms with Crippen LogP contribution in [0.1, 0.15) is 39.5 Å². The molecule has 0 aliphatic heterocycles. The Balaban J connectivity index is 2.18. The lowest BCUT2D eigenvalue weighted by atomic mass is 9.75. The van der Waals surface area contributed by atoms with Crippen molar-refractivity contribution in [1.29, 1.82) is 0 Å². The van der Waals surface area contributed by atoms with Crippen molar-refractivity contribution in [3.05, 3.63) is 0 Å². The summed E-state index contributed by atoms with van der Waals surface area (Å²) in [7, 11) is 1.79. The molecule has 1 saturated carbocycles. The Morgan fingerprint density at radius 1 is 1.17 bits per heavy atom. The van der Waals surface area contributed by atoms with Crippen LogP contribution < -0.4 is 15.4 Å². The maximum Gasteiger partial charge on any atom is 0.323 e. The van der Waals surface area contributed by atoms with E-state index in [1.54, 1.807) is 7.05 Å². The third-order valence-electron chi connectivity index (χ3n) is 3.48. The minimum Gasteiger partial charge on any atom is -0.464 e. The monoisotopic (exact) mass is 251 g/mol. The lowest BCUT2D eigenvalue weighted by Gasteiger charge is -2.41.